The Bertz CT molecular complexity index is 616. The van der Waals surface area contributed by atoms with E-state index in [-0.39, 0.29) is 11.0 Å². The van der Waals surface area contributed by atoms with Gasteiger partial charge in [-0.2, -0.15) is 0 Å². The third-order valence-electron chi connectivity index (χ3n) is 2.49. The first-order valence-electron chi connectivity index (χ1n) is 6.04. The van der Waals surface area contributed by atoms with Gasteiger partial charge in [-0.15, -0.1) is 0 Å². The fourth-order valence-corrected chi connectivity index (χ4v) is 1.72. The van der Waals surface area contributed by atoms with Crippen LogP contribution in [0.4, 0.5) is 5.69 Å². The van der Waals surface area contributed by atoms with Crippen LogP contribution in [0, 0.1) is 6.92 Å². The predicted molar refractivity (Wildman–Crippen MR) is 83.3 cm³/mol. The molecule has 2 aromatic rings. The standard InChI is InChI=1S/C15H14N2O2S/c1-11-4-6-12(7-5-11)16-15(20)17-14(18)9-8-13-3-2-10-19-13/h2-10H,1H3,(H2,16,17,18,20). The summed E-state index contributed by atoms with van der Waals surface area (Å²) in [7, 11) is 0. The van der Waals surface area contributed by atoms with Crippen LogP contribution in [0.25, 0.3) is 6.08 Å². The third kappa shape index (κ3) is 4.37. The predicted octanol–water partition coefficient (Wildman–Crippen LogP) is 3.11. The molecule has 0 spiro atoms. The smallest absolute Gasteiger partial charge is 0.250 e. The monoisotopic (exact) mass is 286 g/mol. The van der Waals surface area contributed by atoms with E-state index in [9.17, 15) is 4.79 Å². The number of hydrogen-bond donors (Lipinski definition) is 2. The van der Waals surface area contributed by atoms with Crippen LogP contribution in [0.15, 0.2) is 53.2 Å². The molecule has 0 bridgehead atoms. The topological polar surface area (TPSA) is 54.3 Å². The normalized spacial score (nSPS) is 10.4. The molecule has 4 nitrogen and oxygen atoms in total. The Morgan fingerprint density at radius 1 is 1.25 bits per heavy atom. The second-order valence-corrected chi connectivity index (χ2v) is 4.57. The molecule has 0 atom stereocenters. The van der Waals surface area contributed by atoms with E-state index in [1.54, 1.807) is 24.5 Å². The van der Waals surface area contributed by atoms with Crippen LogP contribution in [0.2, 0.25) is 0 Å². The molecule has 102 valence electrons. The Morgan fingerprint density at radius 2 is 2.00 bits per heavy atom. The lowest BCUT2D eigenvalue weighted by Crippen LogP contribution is -2.32. The lowest BCUT2D eigenvalue weighted by atomic mass is 10.2. The van der Waals surface area contributed by atoms with Crippen molar-refractivity contribution in [3.63, 3.8) is 0 Å². The van der Waals surface area contributed by atoms with Crippen LogP contribution in [-0.2, 0) is 4.79 Å². The summed E-state index contributed by atoms with van der Waals surface area (Å²) < 4.78 is 5.08. The summed E-state index contributed by atoms with van der Waals surface area (Å²) in [6.07, 6.45) is 4.48. The number of thiocarbonyl (C=S) groups is 1. The molecule has 2 N–H and O–H groups in total. The minimum absolute atomic E-state index is 0.253. The van der Waals surface area contributed by atoms with Gasteiger partial charge in [0.05, 0.1) is 6.26 Å². The molecule has 0 unspecified atom stereocenters. The summed E-state index contributed by atoms with van der Waals surface area (Å²) in [5.74, 6) is 0.295. The number of amides is 1. The zero-order valence-electron chi connectivity index (χ0n) is 10.9. The molecule has 0 aliphatic rings. The number of carbonyl (C=O) groups excluding carboxylic acids is 1. The number of furan rings is 1. The van der Waals surface area contributed by atoms with E-state index >= 15 is 0 Å². The van der Waals surface area contributed by atoms with E-state index in [0.717, 1.165) is 11.3 Å². The molecule has 2 rings (SSSR count). The molecule has 5 heteroatoms. The number of aryl methyl sites for hydroxylation is 1. The van der Waals surface area contributed by atoms with Crippen LogP contribution in [-0.4, -0.2) is 11.0 Å². The minimum Gasteiger partial charge on any atom is -0.465 e. The van der Waals surface area contributed by atoms with Gasteiger partial charge in [0, 0.05) is 11.8 Å². The second kappa shape index (κ2) is 6.68. The first-order chi connectivity index (χ1) is 9.63. The Labute approximate surface area is 122 Å². The van der Waals surface area contributed by atoms with Gasteiger partial charge in [-0.3, -0.25) is 10.1 Å². The second-order valence-electron chi connectivity index (χ2n) is 4.16. The van der Waals surface area contributed by atoms with Gasteiger partial charge < -0.3 is 9.73 Å². The van der Waals surface area contributed by atoms with Crippen molar-refractivity contribution in [3.05, 3.63) is 60.1 Å². The molecule has 1 amide bonds. The number of benzene rings is 1. The Hall–Kier alpha value is -2.40. The molecule has 20 heavy (non-hydrogen) atoms. The number of anilines is 1. The average Bonchev–Trinajstić information content (AvgIpc) is 2.92. The molecule has 0 aliphatic carbocycles. The van der Waals surface area contributed by atoms with Crippen LogP contribution in [0.1, 0.15) is 11.3 Å². The maximum absolute atomic E-state index is 11.6. The van der Waals surface area contributed by atoms with E-state index in [4.69, 9.17) is 16.6 Å². The van der Waals surface area contributed by atoms with E-state index in [1.807, 2.05) is 31.2 Å². The van der Waals surface area contributed by atoms with Gasteiger partial charge in [-0.05, 0) is 49.5 Å². The molecule has 1 heterocycles. The Balaban J connectivity index is 1.85. The quantitative estimate of drug-likeness (QED) is 0.672. The van der Waals surface area contributed by atoms with Crippen molar-refractivity contribution >= 4 is 35.0 Å². The SMILES string of the molecule is Cc1ccc(NC(=S)NC(=O)C=Cc2ccco2)cc1. The molecule has 1 aromatic carbocycles. The third-order valence-corrected chi connectivity index (χ3v) is 2.69. The molecule has 0 saturated carbocycles. The lowest BCUT2D eigenvalue weighted by molar-refractivity contribution is -0.115. The zero-order valence-corrected chi connectivity index (χ0v) is 11.7. The highest BCUT2D eigenvalue weighted by Crippen LogP contribution is 2.08. The van der Waals surface area contributed by atoms with Gasteiger partial charge in [-0.25, -0.2) is 0 Å². The summed E-state index contributed by atoms with van der Waals surface area (Å²) in [6.45, 7) is 2.00. The average molecular weight is 286 g/mol. The minimum atomic E-state index is -0.314. The van der Waals surface area contributed by atoms with Gasteiger partial charge in [0.1, 0.15) is 5.76 Å². The molecule has 0 aliphatic heterocycles. The molecule has 1 aromatic heterocycles. The largest absolute Gasteiger partial charge is 0.465 e. The van der Waals surface area contributed by atoms with Crippen LogP contribution < -0.4 is 10.6 Å². The Morgan fingerprint density at radius 3 is 2.65 bits per heavy atom. The summed E-state index contributed by atoms with van der Waals surface area (Å²) in [5.41, 5.74) is 1.99. The van der Waals surface area contributed by atoms with Crippen molar-refractivity contribution in [3.8, 4) is 0 Å². The first kappa shape index (κ1) is 14.0. The summed E-state index contributed by atoms with van der Waals surface area (Å²) in [5, 5.41) is 5.75. The number of carbonyl (C=O) groups is 1. The van der Waals surface area contributed by atoms with Crippen molar-refractivity contribution in [2.45, 2.75) is 6.92 Å². The summed E-state index contributed by atoms with van der Waals surface area (Å²) in [4.78, 5) is 11.6. The molecule has 0 radical (unpaired) electrons. The number of hydrogen-bond acceptors (Lipinski definition) is 3. The van der Waals surface area contributed by atoms with Crippen molar-refractivity contribution in [2.75, 3.05) is 5.32 Å². The van der Waals surface area contributed by atoms with Gasteiger partial charge in [0.2, 0.25) is 5.91 Å². The van der Waals surface area contributed by atoms with Crippen molar-refractivity contribution in [1.29, 1.82) is 0 Å². The van der Waals surface area contributed by atoms with Crippen molar-refractivity contribution in [2.24, 2.45) is 0 Å². The first-order valence-corrected chi connectivity index (χ1v) is 6.44. The lowest BCUT2D eigenvalue weighted by Gasteiger charge is -2.08. The fraction of sp³-hybridized carbons (Fsp3) is 0.0667. The van der Waals surface area contributed by atoms with Gasteiger partial charge in [0.15, 0.2) is 5.11 Å². The molecule has 0 fully saturated rings. The van der Waals surface area contributed by atoms with Crippen molar-refractivity contribution < 1.29 is 9.21 Å². The molecular formula is C15H14N2O2S. The van der Waals surface area contributed by atoms with Crippen LogP contribution >= 0.6 is 12.2 Å². The highest BCUT2D eigenvalue weighted by Gasteiger charge is 2.01. The van der Waals surface area contributed by atoms with E-state index < -0.39 is 0 Å². The zero-order chi connectivity index (χ0) is 14.4. The maximum Gasteiger partial charge on any atom is 0.250 e. The van der Waals surface area contributed by atoms with E-state index in [1.165, 1.54) is 6.08 Å². The fourth-order valence-electron chi connectivity index (χ4n) is 1.50. The van der Waals surface area contributed by atoms with Gasteiger partial charge in [0.25, 0.3) is 0 Å². The van der Waals surface area contributed by atoms with E-state index in [2.05, 4.69) is 10.6 Å². The Kier molecular flexibility index (Phi) is 4.68. The van der Waals surface area contributed by atoms with E-state index in [0.29, 0.717) is 5.76 Å². The van der Waals surface area contributed by atoms with Crippen LogP contribution in [0.3, 0.4) is 0 Å². The number of nitrogens with one attached hydrogen (secondary N) is 2. The highest BCUT2D eigenvalue weighted by atomic mass is 32.1. The van der Waals surface area contributed by atoms with Crippen molar-refractivity contribution in [1.82, 2.24) is 5.32 Å². The summed E-state index contributed by atoms with van der Waals surface area (Å²) in [6, 6.07) is 11.2. The maximum atomic E-state index is 11.6. The van der Waals surface area contributed by atoms with Gasteiger partial charge in [-0.1, -0.05) is 17.7 Å². The number of rotatable bonds is 3. The molecule has 0 saturated heterocycles. The highest BCUT2D eigenvalue weighted by molar-refractivity contribution is 7.80. The summed E-state index contributed by atoms with van der Waals surface area (Å²) >= 11 is 5.06. The van der Waals surface area contributed by atoms with Gasteiger partial charge >= 0.3 is 0 Å². The molecular weight excluding hydrogens is 272 g/mol. The van der Waals surface area contributed by atoms with Crippen LogP contribution in [0.5, 0.6) is 0 Å².